The number of nitrogens with one attached hydrogen (secondary N) is 1. The van der Waals surface area contributed by atoms with Gasteiger partial charge in [-0.25, -0.2) is 0 Å². The highest BCUT2D eigenvalue weighted by atomic mass is 32.2. The van der Waals surface area contributed by atoms with Crippen LogP contribution in [0.15, 0.2) is 18.2 Å². The highest BCUT2D eigenvalue weighted by molar-refractivity contribution is 7.87. The Morgan fingerprint density at radius 2 is 1.69 bits per heavy atom. The summed E-state index contributed by atoms with van der Waals surface area (Å²) < 4.78 is 31.7. The van der Waals surface area contributed by atoms with E-state index in [1.165, 1.54) is 0 Å². The normalized spacial score (nSPS) is 11.3. The molecule has 4 nitrogen and oxygen atoms in total. The van der Waals surface area contributed by atoms with Gasteiger partial charge in [0.05, 0.1) is 5.69 Å². The van der Waals surface area contributed by atoms with Crippen molar-refractivity contribution < 1.29 is 13.0 Å². The minimum atomic E-state index is -4.17. The summed E-state index contributed by atoms with van der Waals surface area (Å²) in [5.74, 6) is 0. The molecule has 0 atom stereocenters. The molecule has 0 unspecified atom stereocenters. The van der Waals surface area contributed by atoms with Crippen LogP contribution in [-0.2, 0) is 10.3 Å². The average molecular weight is 201 g/mol. The van der Waals surface area contributed by atoms with Gasteiger partial charge in [-0.1, -0.05) is 18.2 Å². The van der Waals surface area contributed by atoms with Gasteiger partial charge >= 0.3 is 10.3 Å². The number of para-hydroxylation sites is 1. The second kappa shape index (κ2) is 3.35. The molecule has 1 rings (SSSR count). The standard InChI is InChI=1S/C8H11NO3S/c1-6-4-3-5-7(2)8(6)9-13(10,11)12/h3-5,9H,1-2H3,(H,10,11,12). The van der Waals surface area contributed by atoms with Crippen molar-refractivity contribution in [1.82, 2.24) is 0 Å². The lowest BCUT2D eigenvalue weighted by Gasteiger charge is -2.08. The second-order valence-corrected chi connectivity index (χ2v) is 4.00. The van der Waals surface area contributed by atoms with Crippen LogP contribution in [0.2, 0.25) is 0 Å². The number of hydrogen-bond donors (Lipinski definition) is 2. The van der Waals surface area contributed by atoms with E-state index in [0.717, 1.165) is 11.1 Å². The molecule has 0 spiro atoms. The maximum atomic E-state index is 10.5. The summed E-state index contributed by atoms with van der Waals surface area (Å²) in [5.41, 5.74) is 1.99. The van der Waals surface area contributed by atoms with Gasteiger partial charge in [-0.2, -0.15) is 8.42 Å². The maximum Gasteiger partial charge on any atom is 0.357 e. The highest BCUT2D eigenvalue weighted by Gasteiger charge is 2.08. The quantitative estimate of drug-likeness (QED) is 0.713. The van der Waals surface area contributed by atoms with E-state index in [1.807, 2.05) is 10.8 Å². The molecule has 0 aliphatic heterocycles. The van der Waals surface area contributed by atoms with Gasteiger partial charge in [-0.05, 0) is 25.0 Å². The fourth-order valence-corrected chi connectivity index (χ4v) is 1.68. The summed E-state index contributed by atoms with van der Waals surface area (Å²) in [6, 6.07) is 5.35. The molecule has 0 aliphatic carbocycles. The van der Waals surface area contributed by atoms with Gasteiger partial charge in [-0.3, -0.25) is 9.27 Å². The molecule has 5 heteroatoms. The van der Waals surface area contributed by atoms with Crippen molar-refractivity contribution in [2.75, 3.05) is 4.72 Å². The van der Waals surface area contributed by atoms with E-state index >= 15 is 0 Å². The van der Waals surface area contributed by atoms with Crippen LogP contribution in [0.5, 0.6) is 0 Å². The number of hydrogen-bond acceptors (Lipinski definition) is 2. The molecule has 0 bridgehead atoms. The Labute approximate surface area is 77.5 Å². The number of anilines is 1. The monoisotopic (exact) mass is 201 g/mol. The molecule has 72 valence electrons. The van der Waals surface area contributed by atoms with E-state index in [2.05, 4.69) is 0 Å². The molecule has 0 saturated carbocycles. The zero-order chi connectivity index (χ0) is 10.1. The Morgan fingerprint density at radius 3 is 2.08 bits per heavy atom. The molecular formula is C8H11NO3S. The molecule has 1 aromatic carbocycles. The first kappa shape index (κ1) is 10.0. The highest BCUT2D eigenvalue weighted by Crippen LogP contribution is 2.19. The van der Waals surface area contributed by atoms with Gasteiger partial charge in [0.25, 0.3) is 0 Å². The third-order valence-corrected chi connectivity index (χ3v) is 2.17. The van der Waals surface area contributed by atoms with Gasteiger partial charge in [0, 0.05) is 0 Å². The summed E-state index contributed by atoms with van der Waals surface area (Å²) in [4.78, 5) is 0. The van der Waals surface area contributed by atoms with Crippen molar-refractivity contribution in [2.24, 2.45) is 0 Å². The molecule has 0 fully saturated rings. The lowest BCUT2D eigenvalue weighted by molar-refractivity contribution is 0.489. The Kier molecular flexibility index (Phi) is 2.58. The number of rotatable bonds is 2. The van der Waals surface area contributed by atoms with Crippen molar-refractivity contribution in [3.63, 3.8) is 0 Å². The van der Waals surface area contributed by atoms with Gasteiger partial charge in [0.2, 0.25) is 0 Å². The topological polar surface area (TPSA) is 66.4 Å². The molecule has 0 aliphatic rings. The largest absolute Gasteiger partial charge is 0.357 e. The molecular weight excluding hydrogens is 190 g/mol. The van der Waals surface area contributed by atoms with Crippen LogP contribution in [0.1, 0.15) is 11.1 Å². The van der Waals surface area contributed by atoms with Gasteiger partial charge in [-0.15, -0.1) is 0 Å². The molecule has 1 aromatic rings. The van der Waals surface area contributed by atoms with Crippen LogP contribution in [0.3, 0.4) is 0 Å². The minimum Gasteiger partial charge on any atom is -0.269 e. The predicted molar refractivity (Wildman–Crippen MR) is 51.1 cm³/mol. The Bertz CT molecular complexity index is 391. The minimum absolute atomic E-state index is 0.435. The smallest absolute Gasteiger partial charge is 0.269 e. The average Bonchev–Trinajstić information content (AvgIpc) is 1.95. The number of aryl methyl sites for hydroxylation is 2. The van der Waals surface area contributed by atoms with Crippen LogP contribution in [0.4, 0.5) is 5.69 Å². The van der Waals surface area contributed by atoms with Crippen molar-refractivity contribution in [3.05, 3.63) is 29.3 Å². The van der Waals surface area contributed by atoms with Crippen LogP contribution >= 0.6 is 0 Å². The Balaban J connectivity index is 3.15. The van der Waals surface area contributed by atoms with Crippen molar-refractivity contribution >= 4 is 16.0 Å². The van der Waals surface area contributed by atoms with Gasteiger partial charge in [0.1, 0.15) is 0 Å². The van der Waals surface area contributed by atoms with Crippen LogP contribution in [0.25, 0.3) is 0 Å². The lowest BCUT2D eigenvalue weighted by Crippen LogP contribution is -2.12. The van der Waals surface area contributed by atoms with Crippen molar-refractivity contribution in [1.29, 1.82) is 0 Å². The third kappa shape index (κ3) is 2.71. The van der Waals surface area contributed by atoms with E-state index in [1.54, 1.807) is 26.0 Å². The van der Waals surface area contributed by atoms with E-state index in [9.17, 15) is 8.42 Å². The Hall–Kier alpha value is -1.07. The molecule has 13 heavy (non-hydrogen) atoms. The zero-order valence-corrected chi connectivity index (χ0v) is 8.22. The lowest BCUT2D eigenvalue weighted by atomic mass is 10.1. The van der Waals surface area contributed by atoms with E-state index < -0.39 is 10.3 Å². The van der Waals surface area contributed by atoms with Crippen molar-refractivity contribution in [3.8, 4) is 0 Å². The zero-order valence-electron chi connectivity index (χ0n) is 7.40. The summed E-state index contributed by atoms with van der Waals surface area (Å²) in [6.45, 7) is 3.53. The van der Waals surface area contributed by atoms with Gasteiger partial charge in [0.15, 0.2) is 0 Å². The molecule has 0 heterocycles. The molecule has 2 N–H and O–H groups in total. The van der Waals surface area contributed by atoms with E-state index in [-0.39, 0.29) is 0 Å². The fourth-order valence-electron chi connectivity index (χ4n) is 1.10. The first-order valence-corrected chi connectivity index (χ1v) is 5.15. The number of benzene rings is 1. The molecule has 0 amide bonds. The summed E-state index contributed by atoms with van der Waals surface area (Å²) in [6.07, 6.45) is 0. The van der Waals surface area contributed by atoms with Gasteiger partial charge < -0.3 is 0 Å². The summed E-state index contributed by atoms with van der Waals surface area (Å²) in [5, 5.41) is 0. The van der Waals surface area contributed by atoms with Crippen LogP contribution in [0, 0.1) is 13.8 Å². The summed E-state index contributed by atoms with van der Waals surface area (Å²) in [7, 11) is -4.17. The van der Waals surface area contributed by atoms with Crippen LogP contribution in [-0.4, -0.2) is 13.0 Å². The summed E-state index contributed by atoms with van der Waals surface area (Å²) >= 11 is 0. The van der Waals surface area contributed by atoms with E-state index in [0.29, 0.717) is 5.69 Å². The first-order valence-electron chi connectivity index (χ1n) is 3.71. The first-order chi connectivity index (χ1) is 5.90. The van der Waals surface area contributed by atoms with Crippen LogP contribution < -0.4 is 4.72 Å². The SMILES string of the molecule is Cc1cccc(C)c1NS(=O)(=O)O. The molecule has 0 radical (unpaired) electrons. The predicted octanol–water partition coefficient (Wildman–Crippen LogP) is 1.52. The fraction of sp³-hybridized carbons (Fsp3) is 0.250. The van der Waals surface area contributed by atoms with E-state index in [4.69, 9.17) is 4.55 Å². The second-order valence-electron chi connectivity index (χ2n) is 2.84. The maximum absolute atomic E-state index is 10.5. The molecule has 0 aromatic heterocycles. The van der Waals surface area contributed by atoms with Crippen molar-refractivity contribution in [2.45, 2.75) is 13.8 Å². The molecule has 0 saturated heterocycles. The third-order valence-electron chi connectivity index (χ3n) is 1.71. The Morgan fingerprint density at radius 1 is 1.23 bits per heavy atom.